The second-order valence-electron chi connectivity index (χ2n) is 11.9. The minimum Gasteiger partial charge on any atom is -0.324 e. The molecule has 1 N–H and O–H groups in total. The molecule has 0 bridgehead atoms. The number of para-hydroxylation sites is 1. The fourth-order valence-corrected chi connectivity index (χ4v) is 6.69. The van der Waals surface area contributed by atoms with E-state index < -0.39 is 6.29 Å². The predicted octanol–water partition coefficient (Wildman–Crippen LogP) is 10.2. The Morgan fingerprint density at radius 1 is 0.383 bits per heavy atom. The second kappa shape index (κ2) is 11.3. The lowest BCUT2D eigenvalue weighted by molar-refractivity contribution is 0.575. The molecule has 1 aromatic heterocycles. The minimum absolute atomic E-state index is 0.494. The smallest absolute Gasteiger partial charge is 0.224 e. The summed E-state index contributed by atoms with van der Waals surface area (Å²) in [6.07, 6.45) is -0.494. The summed E-state index contributed by atoms with van der Waals surface area (Å²) in [5.41, 5.74) is 8.98. The van der Waals surface area contributed by atoms with Crippen molar-refractivity contribution in [2.45, 2.75) is 6.29 Å². The number of hydrogen-bond acceptors (Lipinski definition) is 3. The quantitative estimate of drug-likeness (QED) is 0.209. The van der Waals surface area contributed by atoms with Crippen molar-refractivity contribution >= 4 is 44.2 Å². The van der Waals surface area contributed by atoms with E-state index in [9.17, 15) is 0 Å². The third kappa shape index (κ3) is 4.88. The van der Waals surface area contributed by atoms with Gasteiger partial charge in [-0.05, 0) is 57.3 Å². The summed E-state index contributed by atoms with van der Waals surface area (Å²) in [6.45, 7) is 0. The molecule has 222 valence electrons. The van der Waals surface area contributed by atoms with Gasteiger partial charge in [-0.25, -0.2) is 9.98 Å². The maximum absolute atomic E-state index is 5.28. The Morgan fingerprint density at radius 3 is 1.66 bits per heavy atom. The number of aromatic nitrogens is 1. The summed E-state index contributed by atoms with van der Waals surface area (Å²) in [6, 6.07) is 59.9. The first-order chi connectivity index (χ1) is 23.3. The number of aliphatic imine (C=N–C) groups is 2. The van der Waals surface area contributed by atoms with Crippen molar-refractivity contribution in [1.82, 2.24) is 9.88 Å². The van der Waals surface area contributed by atoms with Crippen LogP contribution in [0.5, 0.6) is 0 Å². The van der Waals surface area contributed by atoms with Gasteiger partial charge in [-0.1, -0.05) is 146 Å². The normalized spacial score (nSPS) is 14.6. The molecule has 0 saturated carbocycles. The van der Waals surface area contributed by atoms with Crippen LogP contribution in [0.1, 0.15) is 17.4 Å². The highest BCUT2D eigenvalue weighted by Crippen LogP contribution is 2.36. The van der Waals surface area contributed by atoms with Gasteiger partial charge in [-0.15, -0.1) is 0 Å². The van der Waals surface area contributed by atoms with E-state index >= 15 is 0 Å². The summed E-state index contributed by atoms with van der Waals surface area (Å²) >= 11 is 0. The molecule has 0 saturated heterocycles. The van der Waals surface area contributed by atoms with Gasteiger partial charge in [0.25, 0.3) is 0 Å². The SMILES string of the molecule is c1ccc(C2=NC(n3c4ccccc4c4cc(-c5ccccc5)ccc43)N=C(c3ccc(-c4ccc5ccccc5c4)cc3)N2)cc1. The van der Waals surface area contributed by atoms with Crippen LogP contribution < -0.4 is 5.32 Å². The average molecular weight is 603 g/mol. The standard InChI is InChI=1S/C43H30N4/c1-3-11-29(12-4-1)36-25-26-40-38(28-36)37-17-9-10-18-39(37)47(40)43-45-41(32-14-5-2-6-15-32)44-42(46-43)33-22-19-31(20-23-33)35-24-21-30-13-7-8-16-34(30)27-35/h1-28,43H,(H,44,45,46). The van der Waals surface area contributed by atoms with E-state index in [4.69, 9.17) is 9.98 Å². The number of nitrogens with zero attached hydrogens (tertiary/aromatic N) is 3. The molecule has 47 heavy (non-hydrogen) atoms. The first-order valence-corrected chi connectivity index (χ1v) is 15.9. The molecule has 7 aromatic carbocycles. The zero-order valence-corrected chi connectivity index (χ0v) is 25.6. The zero-order chi connectivity index (χ0) is 31.2. The Balaban J connectivity index is 1.17. The molecule has 1 atom stereocenters. The van der Waals surface area contributed by atoms with Crippen LogP contribution in [0.15, 0.2) is 180 Å². The molecule has 2 heterocycles. The first-order valence-electron chi connectivity index (χ1n) is 15.9. The van der Waals surface area contributed by atoms with Crippen LogP contribution in [0.2, 0.25) is 0 Å². The van der Waals surface area contributed by atoms with Gasteiger partial charge in [0.15, 0.2) is 0 Å². The fraction of sp³-hybridized carbons (Fsp3) is 0.0233. The molecule has 0 aliphatic carbocycles. The molecular formula is C43H30N4. The molecule has 1 aliphatic heterocycles. The lowest BCUT2D eigenvalue weighted by Gasteiger charge is -2.24. The molecule has 0 amide bonds. The van der Waals surface area contributed by atoms with Crippen LogP contribution >= 0.6 is 0 Å². The van der Waals surface area contributed by atoms with Gasteiger partial charge in [-0.3, -0.25) is 4.57 Å². The van der Waals surface area contributed by atoms with E-state index in [1.165, 1.54) is 43.8 Å². The number of amidine groups is 2. The molecule has 1 unspecified atom stereocenters. The topological polar surface area (TPSA) is 41.7 Å². The van der Waals surface area contributed by atoms with E-state index in [1.807, 2.05) is 18.2 Å². The Bertz CT molecular complexity index is 2470. The second-order valence-corrected chi connectivity index (χ2v) is 11.9. The van der Waals surface area contributed by atoms with Crippen molar-refractivity contribution in [1.29, 1.82) is 0 Å². The Morgan fingerprint density at radius 2 is 0.894 bits per heavy atom. The third-order valence-corrected chi connectivity index (χ3v) is 9.06. The van der Waals surface area contributed by atoms with Gasteiger partial charge in [0, 0.05) is 21.9 Å². The maximum atomic E-state index is 5.28. The van der Waals surface area contributed by atoms with Crippen molar-refractivity contribution in [2.24, 2.45) is 9.98 Å². The lowest BCUT2D eigenvalue weighted by Crippen LogP contribution is -2.36. The molecule has 4 nitrogen and oxygen atoms in total. The van der Waals surface area contributed by atoms with Gasteiger partial charge in [0.2, 0.25) is 6.29 Å². The maximum Gasteiger partial charge on any atom is 0.224 e. The van der Waals surface area contributed by atoms with Crippen molar-refractivity contribution < 1.29 is 0 Å². The highest BCUT2D eigenvalue weighted by Gasteiger charge is 2.24. The van der Waals surface area contributed by atoms with Crippen LogP contribution in [0, 0.1) is 0 Å². The van der Waals surface area contributed by atoms with Gasteiger partial charge >= 0.3 is 0 Å². The number of rotatable bonds is 5. The lowest BCUT2D eigenvalue weighted by atomic mass is 10.00. The van der Waals surface area contributed by atoms with Crippen molar-refractivity contribution in [3.63, 3.8) is 0 Å². The summed E-state index contributed by atoms with van der Waals surface area (Å²) in [5, 5.41) is 8.43. The van der Waals surface area contributed by atoms with Crippen LogP contribution in [-0.2, 0) is 0 Å². The predicted molar refractivity (Wildman–Crippen MR) is 196 cm³/mol. The Labute approximate surface area is 273 Å². The highest BCUT2D eigenvalue weighted by atomic mass is 15.3. The summed E-state index contributed by atoms with van der Waals surface area (Å²) in [4.78, 5) is 10.5. The number of hydrogen-bond donors (Lipinski definition) is 1. The third-order valence-electron chi connectivity index (χ3n) is 9.06. The van der Waals surface area contributed by atoms with Crippen LogP contribution in [0.25, 0.3) is 54.8 Å². The van der Waals surface area contributed by atoms with Crippen molar-refractivity contribution in [3.8, 4) is 22.3 Å². The van der Waals surface area contributed by atoms with Gasteiger partial charge in [-0.2, -0.15) is 0 Å². The summed E-state index contributed by atoms with van der Waals surface area (Å²) < 4.78 is 2.27. The molecule has 0 spiro atoms. The highest BCUT2D eigenvalue weighted by molar-refractivity contribution is 6.16. The minimum atomic E-state index is -0.494. The van der Waals surface area contributed by atoms with Crippen LogP contribution in [0.3, 0.4) is 0 Å². The van der Waals surface area contributed by atoms with Crippen molar-refractivity contribution in [2.75, 3.05) is 0 Å². The van der Waals surface area contributed by atoms with Gasteiger partial charge < -0.3 is 5.32 Å². The fourth-order valence-electron chi connectivity index (χ4n) is 6.69. The zero-order valence-electron chi connectivity index (χ0n) is 25.6. The Kier molecular flexibility index (Phi) is 6.50. The van der Waals surface area contributed by atoms with E-state index in [-0.39, 0.29) is 0 Å². The number of benzene rings is 7. The van der Waals surface area contributed by atoms with E-state index in [0.29, 0.717) is 0 Å². The van der Waals surface area contributed by atoms with Crippen LogP contribution in [0.4, 0.5) is 0 Å². The van der Waals surface area contributed by atoms with E-state index in [0.717, 1.165) is 33.8 Å². The average Bonchev–Trinajstić information content (AvgIpc) is 3.49. The first kappa shape index (κ1) is 27.1. The monoisotopic (exact) mass is 602 g/mol. The summed E-state index contributed by atoms with van der Waals surface area (Å²) in [5.74, 6) is 1.59. The molecule has 4 heteroatoms. The van der Waals surface area contributed by atoms with Gasteiger partial charge in [0.05, 0.1) is 11.0 Å². The van der Waals surface area contributed by atoms with Crippen molar-refractivity contribution in [3.05, 3.63) is 181 Å². The Hall–Kier alpha value is -6.26. The summed E-state index contributed by atoms with van der Waals surface area (Å²) in [7, 11) is 0. The molecule has 8 aromatic rings. The van der Waals surface area contributed by atoms with Crippen LogP contribution in [-0.4, -0.2) is 16.2 Å². The molecule has 1 aliphatic rings. The number of fused-ring (bicyclic) bond motifs is 4. The molecular weight excluding hydrogens is 573 g/mol. The largest absolute Gasteiger partial charge is 0.324 e. The van der Waals surface area contributed by atoms with E-state index in [1.54, 1.807) is 0 Å². The number of nitrogens with one attached hydrogen (secondary N) is 1. The molecule has 9 rings (SSSR count). The van der Waals surface area contributed by atoms with E-state index in [2.05, 4.69) is 162 Å². The molecule has 0 fully saturated rings. The molecule has 0 radical (unpaired) electrons. The van der Waals surface area contributed by atoms with Gasteiger partial charge in [0.1, 0.15) is 11.7 Å².